The first kappa shape index (κ1) is 57.8. The quantitative estimate of drug-likeness (QED) is 0.118. The van der Waals surface area contributed by atoms with Gasteiger partial charge >= 0.3 is 0 Å². The number of hydrogen-bond donors (Lipinski definition) is 0. The van der Waals surface area contributed by atoms with Gasteiger partial charge in [0.2, 0.25) is 0 Å². The molecule has 4 aliphatic rings. The van der Waals surface area contributed by atoms with E-state index in [4.69, 9.17) is 9.47 Å². The maximum atomic E-state index is 6.79. The Morgan fingerprint density at radius 2 is 0.457 bits per heavy atom. The van der Waals surface area contributed by atoms with Gasteiger partial charge in [0, 0.05) is 69.8 Å². The first-order valence-corrected chi connectivity index (χ1v) is 32.1. The summed E-state index contributed by atoms with van der Waals surface area (Å²) in [7, 11) is 0. The lowest BCUT2D eigenvalue weighted by molar-refractivity contribution is 0.482. The van der Waals surface area contributed by atoms with Crippen LogP contribution in [0.1, 0.15) is 74.9 Å². The molecule has 4 aliphatic heterocycles. The molecular weight excluding hydrogens is 1130 g/mol. The smallest absolute Gasteiger partial charge is 0.129 e. The second-order valence-electron chi connectivity index (χ2n) is 27.1. The Hall–Kier alpha value is -10.6. The van der Waals surface area contributed by atoms with Crippen LogP contribution in [0.25, 0.3) is 0 Å². The minimum absolute atomic E-state index is 0.0422. The molecule has 0 unspecified atom stereocenters. The molecule has 0 bridgehead atoms. The summed E-state index contributed by atoms with van der Waals surface area (Å²) in [6, 6.07) is 87.7. The SMILES string of the molecule is Cc1cc2c(cc1C)N(c1cccc(C(C)(C)C)c1)CN2c1cccc(Oc2cccc(N3CN(c4ccc(N5CN(c6cccc(Oc7cccc(N8CN(c9cccc(C(C)(C)C)c9)c9cc(C)c(C)cc98)c7)c6)c6ccccc65)cc4)c4ccccc43)c2)c1. The van der Waals surface area contributed by atoms with Crippen LogP contribution in [0.5, 0.6) is 23.0 Å². The molecule has 0 aromatic heterocycles. The van der Waals surface area contributed by atoms with Gasteiger partial charge in [0.05, 0.1) is 45.5 Å². The van der Waals surface area contributed by atoms with Crippen LogP contribution in [-0.2, 0) is 10.8 Å². The van der Waals surface area contributed by atoms with Crippen molar-refractivity contribution >= 4 is 91.0 Å². The Labute approximate surface area is 542 Å². The van der Waals surface area contributed by atoms with E-state index >= 15 is 0 Å². The average Bonchev–Trinajstić information content (AvgIpc) is 1.64. The fourth-order valence-electron chi connectivity index (χ4n) is 13.4. The van der Waals surface area contributed by atoms with Crippen LogP contribution in [0.2, 0.25) is 0 Å². The molecule has 0 saturated heterocycles. The van der Waals surface area contributed by atoms with Crippen molar-refractivity contribution in [2.75, 3.05) is 65.9 Å². The maximum Gasteiger partial charge on any atom is 0.129 e. The van der Waals surface area contributed by atoms with Gasteiger partial charge in [-0.1, -0.05) is 114 Å². The molecule has 10 nitrogen and oxygen atoms in total. The molecule has 92 heavy (non-hydrogen) atoms. The number of aryl methyl sites for hydroxylation is 4. The van der Waals surface area contributed by atoms with Gasteiger partial charge in [0.25, 0.3) is 0 Å². The van der Waals surface area contributed by atoms with Crippen molar-refractivity contribution in [3.05, 3.63) is 276 Å². The Balaban J connectivity index is 0.638. The molecule has 0 spiro atoms. The Kier molecular flexibility index (Phi) is 14.3. The van der Waals surface area contributed by atoms with Crippen molar-refractivity contribution in [2.45, 2.75) is 80.1 Å². The molecule has 11 aromatic carbocycles. The van der Waals surface area contributed by atoms with Crippen molar-refractivity contribution in [3.8, 4) is 23.0 Å². The van der Waals surface area contributed by atoms with Crippen LogP contribution in [0.4, 0.5) is 91.0 Å². The first-order chi connectivity index (χ1) is 44.4. The highest BCUT2D eigenvalue weighted by Gasteiger charge is 2.34. The summed E-state index contributed by atoms with van der Waals surface area (Å²) in [6.07, 6.45) is 0. The fraction of sp³-hybridized carbons (Fsp3) is 0.195. The number of nitrogens with zero attached hydrogens (tertiary/aromatic N) is 8. The van der Waals surface area contributed by atoms with Gasteiger partial charge in [-0.3, -0.25) is 0 Å². The zero-order valence-corrected chi connectivity index (χ0v) is 54.3. The highest BCUT2D eigenvalue weighted by atomic mass is 16.5. The van der Waals surface area contributed by atoms with E-state index in [1.165, 1.54) is 67.5 Å². The molecule has 0 fully saturated rings. The number of para-hydroxylation sites is 4. The van der Waals surface area contributed by atoms with E-state index in [0.29, 0.717) is 26.7 Å². The van der Waals surface area contributed by atoms with E-state index in [9.17, 15) is 0 Å². The average molecular weight is 1210 g/mol. The second kappa shape index (κ2) is 22.7. The van der Waals surface area contributed by atoms with Crippen LogP contribution >= 0.6 is 0 Å². The van der Waals surface area contributed by atoms with Gasteiger partial charge in [-0.05, 0) is 217 Å². The highest BCUT2D eigenvalue weighted by molar-refractivity contribution is 5.92. The molecule has 4 heterocycles. The maximum absolute atomic E-state index is 6.79. The lowest BCUT2D eigenvalue weighted by atomic mass is 9.87. The van der Waals surface area contributed by atoms with Crippen LogP contribution in [0.15, 0.2) is 243 Å². The van der Waals surface area contributed by atoms with Crippen LogP contribution in [0, 0.1) is 27.7 Å². The van der Waals surface area contributed by atoms with Gasteiger partial charge in [-0.25, -0.2) is 0 Å². The van der Waals surface area contributed by atoms with E-state index in [1.807, 2.05) is 0 Å². The summed E-state index contributed by atoms with van der Waals surface area (Å²) in [6.45, 7) is 25.1. The second-order valence-corrected chi connectivity index (χ2v) is 27.1. The fourth-order valence-corrected chi connectivity index (χ4v) is 13.4. The molecule has 0 saturated carbocycles. The summed E-state index contributed by atoms with van der Waals surface area (Å²) in [5.74, 6) is 3.12. The number of hydrogen-bond acceptors (Lipinski definition) is 10. The zero-order chi connectivity index (χ0) is 63.2. The zero-order valence-electron chi connectivity index (χ0n) is 54.3. The molecule has 11 aromatic rings. The molecule has 0 atom stereocenters. The lowest BCUT2D eigenvalue weighted by Gasteiger charge is -2.25. The normalized spacial score (nSPS) is 14.3. The molecule has 0 amide bonds. The monoisotopic (exact) mass is 1210 g/mol. The lowest BCUT2D eigenvalue weighted by Crippen LogP contribution is -2.25. The van der Waals surface area contributed by atoms with Crippen LogP contribution in [-0.4, -0.2) is 26.7 Å². The summed E-state index contributed by atoms with van der Waals surface area (Å²) in [5.41, 5.74) is 26.1. The van der Waals surface area contributed by atoms with E-state index in [2.05, 4.69) is 351 Å². The minimum Gasteiger partial charge on any atom is -0.457 e. The predicted octanol–water partition coefficient (Wildman–Crippen LogP) is 22.1. The van der Waals surface area contributed by atoms with Gasteiger partial charge in [0.15, 0.2) is 0 Å². The molecule has 0 radical (unpaired) electrons. The summed E-state index contributed by atoms with van der Waals surface area (Å²) < 4.78 is 13.6. The third kappa shape index (κ3) is 10.7. The Morgan fingerprint density at radius 1 is 0.228 bits per heavy atom. The van der Waals surface area contributed by atoms with Crippen LogP contribution in [0.3, 0.4) is 0 Å². The van der Waals surface area contributed by atoms with Crippen LogP contribution < -0.4 is 48.7 Å². The number of benzene rings is 11. The van der Waals surface area contributed by atoms with Gasteiger partial charge in [-0.2, -0.15) is 0 Å². The van der Waals surface area contributed by atoms with E-state index in [1.54, 1.807) is 0 Å². The topological polar surface area (TPSA) is 44.4 Å². The van der Waals surface area contributed by atoms with Gasteiger partial charge < -0.3 is 48.7 Å². The van der Waals surface area contributed by atoms with E-state index < -0.39 is 0 Å². The molecule has 10 heteroatoms. The van der Waals surface area contributed by atoms with E-state index in [0.717, 1.165) is 79.9 Å². The third-order valence-corrected chi connectivity index (χ3v) is 18.9. The largest absolute Gasteiger partial charge is 0.457 e. The minimum atomic E-state index is 0.0422. The van der Waals surface area contributed by atoms with Crippen molar-refractivity contribution in [1.82, 2.24) is 0 Å². The molecule has 0 aliphatic carbocycles. The van der Waals surface area contributed by atoms with Gasteiger partial charge in [0.1, 0.15) is 49.7 Å². The first-order valence-electron chi connectivity index (χ1n) is 32.1. The molecular formula is C82H78N8O2. The van der Waals surface area contributed by atoms with Crippen molar-refractivity contribution in [3.63, 3.8) is 0 Å². The highest BCUT2D eigenvalue weighted by Crippen LogP contribution is 2.51. The summed E-state index contributed by atoms with van der Waals surface area (Å²) in [5, 5.41) is 0. The molecule has 0 N–H and O–H groups in total. The van der Waals surface area contributed by atoms with Crippen molar-refractivity contribution in [2.24, 2.45) is 0 Å². The van der Waals surface area contributed by atoms with Crippen molar-refractivity contribution in [1.29, 1.82) is 0 Å². The summed E-state index contributed by atoms with van der Waals surface area (Å²) >= 11 is 0. The number of fused-ring (bicyclic) bond motifs is 4. The van der Waals surface area contributed by atoms with Gasteiger partial charge in [-0.15, -0.1) is 0 Å². The number of anilines is 16. The molecule has 15 rings (SSSR count). The number of rotatable bonds is 12. The standard InChI is InChI=1S/C82H78N8O2/c1-55-41-77-79(43-57(55)3)89(53-87(77)63-23-15-21-59(45-63)81(5,6)7)67-27-19-31-71(49-67)91-69-29-17-25-65(47-69)85-51-83(73-33-11-13-35-75(73)85)61-37-39-62(40-38-61)84-52-86(76-36-14-12-34-74(76)84)66-26-18-30-70(48-66)92-72-32-20-28-68(50-72)90-54-88(78-42-56(2)58(4)44-80(78)90)64-24-16-22-60(46-64)82(8,9)10/h11-50H,51-54H2,1-10H3. The summed E-state index contributed by atoms with van der Waals surface area (Å²) in [4.78, 5) is 19.2. The predicted molar refractivity (Wildman–Crippen MR) is 384 cm³/mol. The van der Waals surface area contributed by atoms with E-state index in [-0.39, 0.29) is 10.8 Å². The Bertz CT molecular complexity index is 4350. The third-order valence-electron chi connectivity index (χ3n) is 18.9. The number of ether oxygens (including phenoxy) is 2. The van der Waals surface area contributed by atoms with Crippen molar-refractivity contribution < 1.29 is 9.47 Å². The molecule has 458 valence electrons. The Morgan fingerprint density at radius 3 is 0.717 bits per heavy atom.